The lowest BCUT2D eigenvalue weighted by atomic mass is 10.0. The lowest BCUT2D eigenvalue weighted by molar-refractivity contribution is -0.120. The number of anilines is 1. The molecule has 142 valence electrons. The third-order valence-corrected chi connectivity index (χ3v) is 5.52. The van der Waals surface area contributed by atoms with Crippen molar-refractivity contribution < 1.29 is 4.79 Å². The molecule has 8 nitrogen and oxygen atoms in total. The van der Waals surface area contributed by atoms with Crippen molar-refractivity contribution >= 4 is 28.4 Å². The highest BCUT2D eigenvalue weighted by Gasteiger charge is 2.28. The number of nitrogens with one attached hydrogen (secondary N) is 1. The molecule has 2 atom stereocenters. The number of pyridine rings is 1. The van der Waals surface area contributed by atoms with Gasteiger partial charge in [-0.3, -0.25) is 4.79 Å². The second-order valence-electron chi connectivity index (χ2n) is 7.60. The van der Waals surface area contributed by atoms with Crippen LogP contribution in [0, 0.1) is 12.8 Å². The van der Waals surface area contributed by atoms with Gasteiger partial charge in [-0.2, -0.15) is 9.67 Å². The number of carbonyl (C=O) groups is 1. The van der Waals surface area contributed by atoms with Crippen LogP contribution in [0.1, 0.15) is 31.7 Å². The van der Waals surface area contributed by atoms with Crippen LogP contribution in [0.15, 0.2) is 36.8 Å². The van der Waals surface area contributed by atoms with Gasteiger partial charge >= 0.3 is 0 Å². The zero-order valence-corrected chi connectivity index (χ0v) is 15.8. The number of aromatic nitrogens is 6. The summed E-state index contributed by atoms with van der Waals surface area (Å²) in [5.74, 6) is 0.953. The molecule has 0 aromatic carbocycles. The van der Waals surface area contributed by atoms with Gasteiger partial charge in [-0.15, -0.1) is 5.10 Å². The summed E-state index contributed by atoms with van der Waals surface area (Å²) in [5, 5.41) is 11.8. The Kier molecular flexibility index (Phi) is 3.85. The minimum absolute atomic E-state index is 0.144. The lowest BCUT2D eigenvalue weighted by Gasteiger charge is -2.12. The molecule has 0 spiro atoms. The van der Waals surface area contributed by atoms with E-state index in [-0.39, 0.29) is 17.7 Å². The summed E-state index contributed by atoms with van der Waals surface area (Å²) < 4.78 is 3.79. The molecule has 1 aliphatic rings. The fraction of sp³-hybridized carbons (Fsp3) is 0.350. The van der Waals surface area contributed by atoms with E-state index in [1.807, 2.05) is 12.4 Å². The van der Waals surface area contributed by atoms with Crippen LogP contribution in [0.5, 0.6) is 0 Å². The quantitative estimate of drug-likeness (QED) is 0.590. The van der Waals surface area contributed by atoms with Gasteiger partial charge in [0.1, 0.15) is 5.78 Å². The fourth-order valence-electron chi connectivity index (χ4n) is 3.96. The highest BCUT2D eigenvalue weighted by molar-refractivity contribution is 5.78. The minimum Gasteiger partial charge on any atom is -0.351 e. The smallest absolute Gasteiger partial charge is 0.225 e. The average Bonchev–Trinajstić information content (AvgIpc) is 3.38. The zero-order chi connectivity index (χ0) is 19.3. The number of Topliss-reactive ketones (excluding diaryl/α,β-unsaturated/α-hetero) is 1. The number of carbonyl (C=O) groups excluding carboxylic acids is 1. The summed E-state index contributed by atoms with van der Waals surface area (Å²) in [5.41, 5.74) is 4.49. The number of rotatable bonds is 4. The Morgan fingerprint density at radius 3 is 3.00 bits per heavy atom. The molecule has 1 saturated carbocycles. The lowest BCUT2D eigenvalue weighted by Crippen LogP contribution is -2.18. The molecule has 28 heavy (non-hydrogen) atoms. The van der Waals surface area contributed by atoms with Crippen LogP contribution in [-0.4, -0.2) is 41.2 Å². The van der Waals surface area contributed by atoms with E-state index >= 15 is 0 Å². The van der Waals surface area contributed by atoms with Gasteiger partial charge < -0.3 is 9.72 Å². The molecule has 0 bridgehead atoms. The van der Waals surface area contributed by atoms with Gasteiger partial charge in [0, 0.05) is 29.9 Å². The number of hydrogen-bond donors (Lipinski definition) is 1. The van der Waals surface area contributed by atoms with E-state index in [1.165, 1.54) is 5.56 Å². The fourth-order valence-corrected chi connectivity index (χ4v) is 3.96. The van der Waals surface area contributed by atoms with Crippen molar-refractivity contribution in [3.63, 3.8) is 0 Å². The highest BCUT2D eigenvalue weighted by Crippen LogP contribution is 2.28. The van der Waals surface area contributed by atoms with Crippen molar-refractivity contribution in [1.29, 1.82) is 0 Å². The predicted molar refractivity (Wildman–Crippen MR) is 106 cm³/mol. The Bertz CT molecular complexity index is 1190. The topological polar surface area (TPSA) is 90.0 Å². The normalized spacial score (nSPS) is 19.5. The van der Waals surface area contributed by atoms with Crippen LogP contribution in [0.3, 0.4) is 0 Å². The molecule has 0 unspecified atom stereocenters. The first-order valence-corrected chi connectivity index (χ1v) is 9.51. The molecule has 4 heterocycles. The van der Waals surface area contributed by atoms with Gasteiger partial charge in [-0.1, -0.05) is 5.21 Å². The van der Waals surface area contributed by atoms with Crippen molar-refractivity contribution in [2.24, 2.45) is 5.92 Å². The van der Waals surface area contributed by atoms with E-state index in [9.17, 15) is 4.79 Å². The van der Waals surface area contributed by atoms with Crippen molar-refractivity contribution in [3.8, 4) is 5.69 Å². The maximum atomic E-state index is 11.6. The molecule has 4 aromatic rings. The Labute approximate surface area is 161 Å². The van der Waals surface area contributed by atoms with Crippen LogP contribution in [0.4, 0.5) is 5.95 Å². The molecule has 0 saturated heterocycles. The number of hydrogen-bond acceptors (Lipinski definition) is 6. The standard InChI is InChI=1S/C20H21N7O/c1-12-5-6-26-11-17(9-16(26)7-12)27-19-18(24-25-27)10-21-20(23-19)22-15-4-3-14(8-15)13(2)28/h5-7,9-11,14-15H,3-4,8H2,1-2H3,(H,21,22,23)/t14-,15-/m1/s1. The number of nitrogens with zero attached hydrogens (tertiary/aromatic N) is 6. The maximum absolute atomic E-state index is 11.6. The summed E-state index contributed by atoms with van der Waals surface area (Å²) in [6.45, 7) is 3.74. The van der Waals surface area contributed by atoms with Crippen molar-refractivity contribution in [2.75, 3.05) is 5.32 Å². The molecule has 4 aromatic heterocycles. The first-order valence-electron chi connectivity index (χ1n) is 9.51. The van der Waals surface area contributed by atoms with Crippen LogP contribution >= 0.6 is 0 Å². The highest BCUT2D eigenvalue weighted by atomic mass is 16.1. The third-order valence-electron chi connectivity index (χ3n) is 5.52. The van der Waals surface area contributed by atoms with Gasteiger partial charge in [0.15, 0.2) is 11.2 Å². The van der Waals surface area contributed by atoms with Gasteiger partial charge in [-0.05, 0) is 56.9 Å². The second-order valence-corrected chi connectivity index (χ2v) is 7.60. The largest absolute Gasteiger partial charge is 0.351 e. The zero-order valence-electron chi connectivity index (χ0n) is 15.8. The molecule has 0 radical (unpaired) electrons. The van der Waals surface area contributed by atoms with E-state index in [1.54, 1.807) is 17.8 Å². The summed E-state index contributed by atoms with van der Waals surface area (Å²) in [6.07, 6.45) is 8.43. The first kappa shape index (κ1) is 16.9. The Morgan fingerprint density at radius 2 is 2.18 bits per heavy atom. The predicted octanol–water partition coefficient (Wildman–Crippen LogP) is 2.94. The Balaban J connectivity index is 1.47. The van der Waals surface area contributed by atoms with Gasteiger partial charge in [0.25, 0.3) is 0 Å². The Hall–Kier alpha value is -3.29. The van der Waals surface area contributed by atoms with Crippen molar-refractivity contribution in [1.82, 2.24) is 29.4 Å². The molecule has 8 heteroatoms. The summed E-state index contributed by atoms with van der Waals surface area (Å²) >= 11 is 0. The van der Waals surface area contributed by atoms with Crippen LogP contribution in [0.2, 0.25) is 0 Å². The third kappa shape index (κ3) is 2.90. The summed E-state index contributed by atoms with van der Waals surface area (Å²) in [7, 11) is 0. The molecule has 5 rings (SSSR count). The second kappa shape index (κ2) is 6.40. The molecule has 1 fully saturated rings. The van der Waals surface area contributed by atoms with E-state index in [4.69, 9.17) is 0 Å². The van der Waals surface area contributed by atoms with Crippen LogP contribution < -0.4 is 5.32 Å². The van der Waals surface area contributed by atoms with Gasteiger partial charge in [-0.25, -0.2) is 4.98 Å². The van der Waals surface area contributed by atoms with E-state index in [0.717, 1.165) is 30.5 Å². The van der Waals surface area contributed by atoms with Gasteiger partial charge in [0.05, 0.1) is 11.9 Å². The Morgan fingerprint density at radius 1 is 1.29 bits per heavy atom. The summed E-state index contributed by atoms with van der Waals surface area (Å²) in [6, 6.07) is 6.47. The van der Waals surface area contributed by atoms with E-state index in [2.05, 4.69) is 55.1 Å². The van der Waals surface area contributed by atoms with Gasteiger partial charge in [0.2, 0.25) is 5.95 Å². The SMILES string of the molecule is CC(=O)[C@@H]1CC[C@@H](Nc2ncc3nnn(-c4cc5cc(C)ccn5c4)c3n2)C1. The van der Waals surface area contributed by atoms with E-state index < -0.39 is 0 Å². The molecular formula is C20H21N7O. The van der Waals surface area contributed by atoms with Crippen molar-refractivity contribution in [3.05, 3.63) is 42.4 Å². The van der Waals surface area contributed by atoms with Crippen LogP contribution in [0.25, 0.3) is 22.4 Å². The monoisotopic (exact) mass is 375 g/mol. The molecule has 0 aliphatic heterocycles. The molecule has 1 aliphatic carbocycles. The van der Waals surface area contributed by atoms with Crippen LogP contribution in [-0.2, 0) is 4.79 Å². The first-order chi connectivity index (χ1) is 13.6. The minimum atomic E-state index is 0.144. The molecule has 1 N–H and O–H groups in total. The maximum Gasteiger partial charge on any atom is 0.225 e. The number of ketones is 1. The summed E-state index contributed by atoms with van der Waals surface area (Å²) in [4.78, 5) is 20.6. The molecule has 0 amide bonds. The average molecular weight is 375 g/mol. The number of aryl methyl sites for hydroxylation is 1. The number of fused-ring (bicyclic) bond motifs is 2. The van der Waals surface area contributed by atoms with E-state index in [0.29, 0.717) is 17.1 Å². The molecular weight excluding hydrogens is 354 g/mol. The van der Waals surface area contributed by atoms with Crippen molar-refractivity contribution in [2.45, 2.75) is 39.2 Å².